The Bertz CT molecular complexity index is 301. The Morgan fingerprint density at radius 2 is 2.21 bits per heavy atom. The average Bonchev–Trinajstić information content (AvgIpc) is 2.19. The number of benzene rings is 1. The van der Waals surface area contributed by atoms with Crippen LogP contribution in [0.4, 0.5) is 4.39 Å². The molecule has 1 heterocycles. The van der Waals surface area contributed by atoms with Gasteiger partial charge in [-0.2, -0.15) is 0 Å². The van der Waals surface area contributed by atoms with Gasteiger partial charge in [-0.3, -0.25) is 0 Å². The zero-order valence-corrected chi connectivity index (χ0v) is 9.48. The summed E-state index contributed by atoms with van der Waals surface area (Å²) in [6, 6.07) is 5.33. The van der Waals surface area contributed by atoms with Crippen molar-refractivity contribution in [2.45, 2.75) is 25.3 Å². The van der Waals surface area contributed by atoms with Crippen LogP contribution >= 0.6 is 15.9 Å². The lowest BCUT2D eigenvalue weighted by atomic mass is 9.97. The number of hydrogen-bond donors (Lipinski definition) is 1. The summed E-state index contributed by atoms with van der Waals surface area (Å²) >= 11 is 3.40. The summed E-state index contributed by atoms with van der Waals surface area (Å²) in [5.41, 5.74) is 0.784. The number of halogens is 2. The average molecular weight is 258 g/mol. The van der Waals surface area contributed by atoms with Gasteiger partial charge in [0.2, 0.25) is 0 Å². The summed E-state index contributed by atoms with van der Waals surface area (Å²) in [5.74, 6) is -0.112. The second kappa shape index (κ2) is 4.41. The van der Waals surface area contributed by atoms with Crippen molar-refractivity contribution in [2.24, 2.45) is 0 Å². The summed E-state index contributed by atoms with van der Waals surface area (Å²) in [6.07, 6.45) is 3.40. The fourth-order valence-corrected chi connectivity index (χ4v) is 2.56. The largest absolute Gasteiger partial charge is 0.310 e. The van der Waals surface area contributed by atoms with Crippen LogP contribution in [0.25, 0.3) is 0 Å². The number of piperidine rings is 1. The summed E-state index contributed by atoms with van der Waals surface area (Å²) in [7, 11) is 0. The molecule has 1 aliphatic heterocycles. The highest BCUT2D eigenvalue weighted by Crippen LogP contribution is 2.30. The fourth-order valence-electron chi connectivity index (χ4n) is 1.94. The number of rotatable bonds is 1. The molecule has 1 saturated heterocycles. The minimum Gasteiger partial charge on any atom is -0.310 e. The van der Waals surface area contributed by atoms with Crippen molar-refractivity contribution in [1.82, 2.24) is 5.32 Å². The first-order valence-electron chi connectivity index (χ1n) is 4.96. The van der Waals surface area contributed by atoms with E-state index in [1.807, 2.05) is 6.07 Å². The van der Waals surface area contributed by atoms with Gasteiger partial charge in [-0.25, -0.2) is 4.39 Å². The lowest BCUT2D eigenvalue weighted by Gasteiger charge is -2.25. The van der Waals surface area contributed by atoms with Crippen molar-refractivity contribution >= 4 is 15.9 Å². The minimum absolute atomic E-state index is 0.112. The van der Waals surface area contributed by atoms with Crippen molar-refractivity contribution in [1.29, 1.82) is 0 Å². The van der Waals surface area contributed by atoms with Gasteiger partial charge < -0.3 is 5.32 Å². The van der Waals surface area contributed by atoms with Crippen LogP contribution in [-0.2, 0) is 0 Å². The first-order valence-corrected chi connectivity index (χ1v) is 5.75. The van der Waals surface area contributed by atoms with E-state index in [4.69, 9.17) is 0 Å². The smallest absolute Gasteiger partial charge is 0.129 e. The predicted octanol–water partition coefficient (Wildman–Crippen LogP) is 3.40. The van der Waals surface area contributed by atoms with Gasteiger partial charge in [-0.05, 0) is 31.5 Å². The van der Waals surface area contributed by atoms with E-state index < -0.39 is 0 Å². The Balaban J connectivity index is 2.29. The van der Waals surface area contributed by atoms with Gasteiger partial charge in [-0.15, -0.1) is 0 Å². The molecular weight excluding hydrogens is 245 g/mol. The van der Waals surface area contributed by atoms with Crippen LogP contribution in [-0.4, -0.2) is 6.54 Å². The number of nitrogens with one attached hydrogen (secondary N) is 1. The molecule has 1 aromatic rings. The van der Waals surface area contributed by atoms with E-state index in [0.29, 0.717) is 0 Å². The van der Waals surface area contributed by atoms with Crippen LogP contribution in [0.2, 0.25) is 0 Å². The molecular formula is C11H13BrFN. The van der Waals surface area contributed by atoms with Crippen LogP contribution < -0.4 is 5.32 Å². The van der Waals surface area contributed by atoms with Crippen molar-refractivity contribution in [3.63, 3.8) is 0 Å². The van der Waals surface area contributed by atoms with E-state index in [2.05, 4.69) is 21.2 Å². The quantitative estimate of drug-likeness (QED) is 0.814. The molecule has 0 radical (unpaired) electrons. The molecule has 1 N–H and O–H groups in total. The highest BCUT2D eigenvalue weighted by atomic mass is 79.9. The second-order valence-electron chi connectivity index (χ2n) is 3.64. The summed E-state index contributed by atoms with van der Waals surface area (Å²) in [5, 5.41) is 3.35. The maximum absolute atomic E-state index is 13.6. The van der Waals surface area contributed by atoms with Gasteiger partial charge in [0.1, 0.15) is 5.82 Å². The van der Waals surface area contributed by atoms with Crippen molar-refractivity contribution < 1.29 is 4.39 Å². The third kappa shape index (κ3) is 1.98. The molecule has 3 heteroatoms. The lowest BCUT2D eigenvalue weighted by Crippen LogP contribution is -2.27. The lowest BCUT2D eigenvalue weighted by molar-refractivity contribution is 0.398. The van der Waals surface area contributed by atoms with Crippen LogP contribution in [0.5, 0.6) is 0 Å². The fraction of sp³-hybridized carbons (Fsp3) is 0.455. The number of hydrogen-bond acceptors (Lipinski definition) is 1. The Kier molecular flexibility index (Phi) is 3.19. The molecule has 76 valence electrons. The molecule has 0 spiro atoms. The normalized spacial score (nSPS) is 22.3. The molecule has 0 bridgehead atoms. The van der Waals surface area contributed by atoms with Crippen molar-refractivity contribution in [3.05, 3.63) is 34.1 Å². The highest BCUT2D eigenvalue weighted by Gasteiger charge is 2.20. The molecule has 0 aliphatic carbocycles. The van der Waals surface area contributed by atoms with E-state index in [1.165, 1.54) is 18.9 Å². The van der Waals surface area contributed by atoms with E-state index in [-0.39, 0.29) is 11.9 Å². The summed E-state index contributed by atoms with van der Waals surface area (Å²) in [6.45, 7) is 0.992. The van der Waals surface area contributed by atoms with E-state index >= 15 is 0 Å². The van der Waals surface area contributed by atoms with Crippen LogP contribution in [0, 0.1) is 5.82 Å². The van der Waals surface area contributed by atoms with Gasteiger partial charge >= 0.3 is 0 Å². The third-order valence-electron chi connectivity index (χ3n) is 2.66. The standard InChI is InChI=1S/C11H13BrFN/c12-8-4-3-5-9(13)11(8)10-6-1-2-7-14-10/h3-5,10,14H,1-2,6-7H2. The van der Waals surface area contributed by atoms with E-state index in [0.717, 1.165) is 23.0 Å². The maximum Gasteiger partial charge on any atom is 0.129 e. The van der Waals surface area contributed by atoms with Gasteiger partial charge in [0.05, 0.1) is 0 Å². The molecule has 1 nitrogen and oxygen atoms in total. The first kappa shape index (κ1) is 10.1. The summed E-state index contributed by atoms with van der Waals surface area (Å²) in [4.78, 5) is 0. The first-order chi connectivity index (χ1) is 6.79. The van der Waals surface area contributed by atoms with Gasteiger partial charge in [0.15, 0.2) is 0 Å². The van der Waals surface area contributed by atoms with Gasteiger partial charge in [-0.1, -0.05) is 28.4 Å². The van der Waals surface area contributed by atoms with Gasteiger partial charge in [0, 0.05) is 16.1 Å². The Morgan fingerprint density at radius 3 is 2.86 bits per heavy atom. The predicted molar refractivity (Wildman–Crippen MR) is 58.7 cm³/mol. The molecule has 0 saturated carbocycles. The summed E-state index contributed by atoms with van der Waals surface area (Å²) < 4.78 is 14.4. The Morgan fingerprint density at radius 1 is 1.36 bits per heavy atom. The molecule has 14 heavy (non-hydrogen) atoms. The molecule has 0 aromatic heterocycles. The van der Waals surface area contributed by atoms with E-state index in [9.17, 15) is 4.39 Å². The van der Waals surface area contributed by atoms with Crippen LogP contribution in [0.1, 0.15) is 30.9 Å². The molecule has 1 atom stereocenters. The van der Waals surface area contributed by atoms with Crippen molar-refractivity contribution in [3.8, 4) is 0 Å². The topological polar surface area (TPSA) is 12.0 Å². The SMILES string of the molecule is Fc1cccc(Br)c1C1CCCCN1. The zero-order chi connectivity index (χ0) is 9.97. The molecule has 1 fully saturated rings. The van der Waals surface area contributed by atoms with Crippen molar-refractivity contribution in [2.75, 3.05) is 6.54 Å². The Hall–Kier alpha value is -0.410. The highest BCUT2D eigenvalue weighted by molar-refractivity contribution is 9.10. The monoisotopic (exact) mass is 257 g/mol. The minimum atomic E-state index is -0.112. The Labute approximate surface area is 91.8 Å². The molecule has 1 aromatic carbocycles. The van der Waals surface area contributed by atoms with Crippen LogP contribution in [0.3, 0.4) is 0 Å². The maximum atomic E-state index is 13.6. The molecule has 1 unspecified atom stereocenters. The van der Waals surface area contributed by atoms with E-state index in [1.54, 1.807) is 6.07 Å². The second-order valence-corrected chi connectivity index (χ2v) is 4.49. The molecule has 0 amide bonds. The zero-order valence-electron chi connectivity index (χ0n) is 7.89. The molecule has 2 rings (SSSR count). The van der Waals surface area contributed by atoms with Crippen LogP contribution in [0.15, 0.2) is 22.7 Å². The molecule has 1 aliphatic rings. The third-order valence-corrected chi connectivity index (χ3v) is 3.35. The van der Waals surface area contributed by atoms with Gasteiger partial charge in [0.25, 0.3) is 0 Å².